The molecule has 0 amide bonds. The van der Waals surface area contributed by atoms with Gasteiger partial charge in [0.15, 0.2) is 0 Å². The zero-order valence-corrected chi connectivity index (χ0v) is 11.0. The molecule has 0 aliphatic carbocycles. The Labute approximate surface area is 110 Å². The highest BCUT2D eigenvalue weighted by molar-refractivity contribution is 5.58. The number of nitrogens with zero attached hydrogens (tertiary/aromatic N) is 1. The second-order valence-corrected chi connectivity index (χ2v) is 5.32. The van der Waals surface area contributed by atoms with Crippen LogP contribution >= 0.6 is 0 Å². The average molecular weight is 245 g/mol. The molecule has 2 aliphatic rings. The summed E-state index contributed by atoms with van der Waals surface area (Å²) in [5.74, 6) is 0. The van der Waals surface area contributed by atoms with E-state index in [0.717, 1.165) is 19.6 Å². The van der Waals surface area contributed by atoms with Crippen LogP contribution in [-0.2, 0) is 12.8 Å². The molecule has 0 radical (unpaired) electrons. The third-order valence-corrected chi connectivity index (χ3v) is 4.09. The molecule has 1 aromatic rings. The molecular weight excluding hydrogens is 222 g/mol. The summed E-state index contributed by atoms with van der Waals surface area (Å²) in [6.45, 7) is 7.11. The van der Waals surface area contributed by atoms with E-state index in [1.54, 1.807) is 11.1 Å². The van der Waals surface area contributed by atoms with E-state index in [0.29, 0.717) is 0 Å². The van der Waals surface area contributed by atoms with Crippen molar-refractivity contribution >= 4 is 5.69 Å². The second-order valence-electron chi connectivity index (χ2n) is 5.32. The van der Waals surface area contributed by atoms with Crippen molar-refractivity contribution in [3.8, 4) is 0 Å². The summed E-state index contributed by atoms with van der Waals surface area (Å²) in [5.41, 5.74) is 4.50. The first-order valence-electron chi connectivity index (χ1n) is 7.21. The van der Waals surface area contributed by atoms with Crippen LogP contribution in [0, 0.1) is 0 Å². The largest absolute Gasteiger partial charge is 0.384 e. The number of rotatable bonds is 4. The van der Waals surface area contributed by atoms with E-state index in [1.807, 2.05) is 0 Å². The Morgan fingerprint density at radius 2 is 2.00 bits per heavy atom. The van der Waals surface area contributed by atoms with Crippen molar-refractivity contribution in [2.24, 2.45) is 0 Å². The maximum absolute atomic E-state index is 3.46. The normalized spacial score (nSPS) is 19.6. The molecule has 0 spiro atoms. The van der Waals surface area contributed by atoms with Gasteiger partial charge >= 0.3 is 0 Å². The van der Waals surface area contributed by atoms with Gasteiger partial charge in [-0.15, -0.1) is 0 Å². The van der Waals surface area contributed by atoms with Crippen molar-refractivity contribution in [1.82, 2.24) is 10.2 Å². The summed E-state index contributed by atoms with van der Waals surface area (Å²) in [4.78, 5) is 2.58. The van der Waals surface area contributed by atoms with Gasteiger partial charge in [0.25, 0.3) is 0 Å². The van der Waals surface area contributed by atoms with E-state index in [-0.39, 0.29) is 0 Å². The van der Waals surface area contributed by atoms with Gasteiger partial charge in [-0.2, -0.15) is 0 Å². The molecule has 0 atom stereocenters. The minimum atomic E-state index is 1.12. The Kier molecular flexibility index (Phi) is 3.81. The smallest absolute Gasteiger partial charge is 0.0376 e. The van der Waals surface area contributed by atoms with Crippen LogP contribution in [0.3, 0.4) is 0 Å². The first-order valence-corrected chi connectivity index (χ1v) is 7.21. The van der Waals surface area contributed by atoms with Crippen LogP contribution in [0.5, 0.6) is 0 Å². The maximum atomic E-state index is 3.46. The summed E-state index contributed by atoms with van der Waals surface area (Å²) in [5, 5.41) is 6.87. The van der Waals surface area contributed by atoms with Crippen molar-refractivity contribution in [3.63, 3.8) is 0 Å². The first-order chi connectivity index (χ1) is 8.93. The molecule has 0 bridgehead atoms. The number of benzene rings is 1. The lowest BCUT2D eigenvalue weighted by Gasteiger charge is -2.27. The number of hydrogen-bond donors (Lipinski definition) is 2. The highest BCUT2D eigenvalue weighted by Gasteiger charge is 2.14. The van der Waals surface area contributed by atoms with Crippen molar-refractivity contribution < 1.29 is 0 Å². The summed E-state index contributed by atoms with van der Waals surface area (Å²) in [7, 11) is 0. The number of piperazine rings is 1. The van der Waals surface area contributed by atoms with Gasteiger partial charge in [-0.3, -0.25) is 0 Å². The number of nitrogens with one attached hydrogen (secondary N) is 2. The van der Waals surface area contributed by atoms with Crippen molar-refractivity contribution in [1.29, 1.82) is 0 Å². The Bertz CT molecular complexity index is 397. The average Bonchev–Trinajstić information content (AvgIpc) is 2.89. The summed E-state index contributed by atoms with van der Waals surface area (Å²) in [6, 6.07) is 6.71. The SMILES string of the molecule is c1cc(CCCN2CCNCC2)c2c(c1)NCC2. The molecule has 3 heteroatoms. The molecular formula is C15H23N3. The molecule has 2 aliphatic heterocycles. The van der Waals surface area contributed by atoms with E-state index >= 15 is 0 Å². The lowest BCUT2D eigenvalue weighted by Crippen LogP contribution is -2.43. The van der Waals surface area contributed by atoms with Crippen LogP contribution in [-0.4, -0.2) is 44.2 Å². The fraction of sp³-hybridized carbons (Fsp3) is 0.600. The van der Waals surface area contributed by atoms with Gasteiger partial charge < -0.3 is 15.5 Å². The summed E-state index contributed by atoms with van der Waals surface area (Å²) < 4.78 is 0. The molecule has 0 saturated carbocycles. The Hall–Kier alpha value is -1.06. The van der Waals surface area contributed by atoms with Gasteiger partial charge in [-0.05, 0) is 43.0 Å². The molecule has 1 fully saturated rings. The van der Waals surface area contributed by atoms with Gasteiger partial charge in [-0.25, -0.2) is 0 Å². The second kappa shape index (κ2) is 5.72. The topological polar surface area (TPSA) is 27.3 Å². The quantitative estimate of drug-likeness (QED) is 0.841. The predicted molar refractivity (Wildman–Crippen MR) is 76.3 cm³/mol. The molecule has 3 rings (SSSR count). The summed E-state index contributed by atoms with van der Waals surface area (Å²) in [6.07, 6.45) is 3.73. The van der Waals surface area contributed by atoms with E-state index < -0.39 is 0 Å². The van der Waals surface area contributed by atoms with Crippen molar-refractivity contribution in [2.45, 2.75) is 19.3 Å². The molecule has 18 heavy (non-hydrogen) atoms. The molecule has 98 valence electrons. The monoisotopic (exact) mass is 245 g/mol. The Morgan fingerprint density at radius 3 is 2.89 bits per heavy atom. The lowest BCUT2D eigenvalue weighted by atomic mass is 10.0. The van der Waals surface area contributed by atoms with Crippen LogP contribution in [0.15, 0.2) is 18.2 Å². The van der Waals surface area contributed by atoms with Gasteiger partial charge in [0.1, 0.15) is 0 Å². The van der Waals surface area contributed by atoms with Gasteiger partial charge in [-0.1, -0.05) is 12.1 Å². The fourth-order valence-corrected chi connectivity index (χ4v) is 3.08. The Morgan fingerprint density at radius 1 is 1.11 bits per heavy atom. The Balaban J connectivity index is 1.52. The third-order valence-electron chi connectivity index (χ3n) is 4.09. The molecule has 1 aromatic carbocycles. The zero-order valence-electron chi connectivity index (χ0n) is 11.0. The fourth-order valence-electron chi connectivity index (χ4n) is 3.08. The van der Waals surface area contributed by atoms with Crippen molar-refractivity contribution in [3.05, 3.63) is 29.3 Å². The zero-order chi connectivity index (χ0) is 12.2. The first kappa shape index (κ1) is 12.0. The van der Waals surface area contributed by atoms with Gasteiger partial charge in [0, 0.05) is 38.4 Å². The molecule has 2 N–H and O–H groups in total. The van der Waals surface area contributed by atoms with Crippen molar-refractivity contribution in [2.75, 3.05) is 44.6 Å². The molecule has 0 unspecified atom stereocenters. The van der Waals surface area contributed by atoms with Crippen LogP contribution in [0.2, 0.25) is 0 Å². The van der Waals surface area contributed by atoms with Crippen LogP contribution in [0.25, 0.3) is 0 Å². The molecule has 1 saturated heterocycles. The number of fused-ring (bicyclic) bond motifs is 1. The van der Waals surface area contributed by atoms with E-state index in [4.69, 9.17) is 0 Å². The van der Waals surface area contributed by atoms with E-state index in [1.165, 1.54) is 44.6 Å². The number of hydrogen-bond acceptors (Lipinski definition) is 3. The number of aryl methyl sites for hydroxylation is 1. The molecule has 0 aromatic heterocycles. The highest BCUT2D eigenvalue weighted by atomic mass is 15.2. The summed E-state index contributed by atoms with van der Waals surface area (Å²) >= 11 is 0. The highest BCUT2D eigenvalue weighted by Crippen LogP contribution is 2.26. The lowest BCUT2D eigenvalue weighted by molar-refractivity contribution is 0.238. The minimum absolute atomic E-state index is 1.12. The van der Waals surface area contributed by atoms with E-state index in [9.17, 15) is 0 Å². The van der Waals surface area contributed by atoms with Crippen LogP contribution < -0.4 is 10.6 Å². The molecule has 2 heterocycles. The maximum Gasteiger partial charge on any atom is 0.0376 e. The van der Waals surface area contributed by atoms with Crippen LogP contribution in [0.1, 0.15) is 17.5 Å². The number of anilines is 1. The predicted octanol–water partition coefficient (Wildman–Crippen LogP) is 1.49. The van der Waals surface area contributed by atoms with Gasteiger partial charge in [0.2, 0.25) is 0 Å². The standard InChI is InChI=1S/C15H23N3/c1-3-13(14-6-7-17-15(14)5-1)4-2-10-18-11-8-16-9-12-18/h1,3,5,16-17H,2,4,6-12H2. The minimum Gasteiger partial charge on any atom is -0.384 e. The van der Waals surface area contributed by atoms with E-state index in [2.05, 4.69) is 33.7 Å². The third kappa shape index (κ3) is 2.68. The molecule has 3 nitrogen and oxygen atoms in total. The van der Waals surface area contributed by atoms with Gasteiger partial charge in [0.05, 0.1) is 0 Å². The van der Waals surface area contributed by atoms with Crippen LogP contribution in [0.4, 0.5) is 5.69 Å².